The van der Waals surface area contributed by atoms with E-state index < -0.39 is 0 Å². The van der Waals surface area contributed by atoms with Crippen molar-refractivity contribution >= 4 is 11.4 Å². The minimum absolute atomic E-state index is 0.523. The first-order chi connectivity index (χ1) is 9.79. The lowest BCUT2D eigenvalue weighted by molar-refractivity contribution is 0.617. The molecule has 0 radical (unpaired) electrons. The number of hydrogen-bond donors (Lipinski definition) is 1. The third-order valence-electron chi connectivity index (χ3n) is 3.96. The topological polar surface area (TPSA) is 28.2 Å². The normalized spacial score (nSPS) is 17.9. The molecule has 1 atom stereocenters. The number of anilines is 2. The predicted octanol–water partition coefficient (Wildman–Crippen LogP) is 3.27. The number of pyridine rings is 1. The molecule has 0 aliphatic carbocycles. The Hall–Kier alpha value is -1.87. The number of rotatable bonds is 3. The van der Waals surface area contributed by atoms with Crippen LogP contribution < -0.4 is 10.2 Å². The molecule has 3 heteroatoms. The van der Waals surface area contributed by atoms with Crippen molar-refractivity contribution in [3.63, 3.8) is 0 Å². The molecule has 0 fully saturated rings. The molecule has 0 spiro atoms. The summed E-state index contributed by atoms with van der Waals surface area (Å²) in [7, 11) is 1.95. The molecule has 20 heavy (non-hydrogen) atoms. The van der Waals surface area contributed by atoms with E-state index in [1.165, 1.54) is 29.8 Å². The average molecular weight is 267 g/mol. The number of nitrogens with one attached hydrogen (secondary N) is 1. The molecule has 2 aromatic rings. The first kappa shape index (κ1) is 13.1. The average Bonchev–Trinajstić information content (AvgIpc) is 2.48. The molecule has 0 saturated carbocycles. The summed E-state index contributed by atoms with van der Waals surface area (Å²) in [6, 6.07) is 13.5. The maximum atomic E-state index is 4.42. The van der Waals surface area contributed by atoms with E-state index in [0.717, 1.165) is 12.2 Å². The Morgan fingerprint density at radius 1 is 1.30 bits per heavy atom. The van der Waals surface area contributed by atoms with Crippen LogP contribution in [0.4, 0.5) is 11.4 Å². The van der Waals surface area contributed by atoms with Gasteiger partial charge in [-0.25, -0.2) is 0 Å². The Morgan fingerprint density at radius 3 is 3.00 bits per heavy atom. The van der Waals surface area contributed by atoms with Crippen LogP contribution in [-0.2, 0) is 13.0 Å². The third kappa shape index (κ3) is 2.41. The summed E-state index contributed by atoms with van der Waals surface area (Å²) < 4.78 is 0. The zero-order chi connectivity index (χ0) is 13.9. The van der Waals surface area contributed by atoms with Crippen LogP contribution in [0.5, 0.6) is 0 Å². The Bertz CT molecular complexity index is 594. The SMILES string of the molecule is CNCc1cc(N2c3ccccc3CCC2C)ccn1. The van der Waals surface area contributed by atoms with E-state index in [1.54, 1.807) is 0 Å². The van der Waals surface area contributed by atoms with Crippen molar-refractivity contribution in [1.29, 1.82) is 0 Å². The summed E-state index contributed by atoms with van der Waals surface area (Å²) in [5, 5.41) is 3.16. The van der Waals surface area contributed by atoms with Crippen LogP contribution in [0.2, 0.25) is 0 Å². The highest BCUT2D eigenvalue weighted by Gasteiger charge is 2.24. The fraction of sp³-hybridized carbons (Fsp3) is 0.353. The van der Waals surface area contributed by atoms with Crippen molar-refractivity contribution in [2.75, 3.05) is 11.9 Å². The Balaban J connectivity index is 2.02. The zero-order valence-electron chi connectivity index (χ0n) is 12.1. The van der Waals surface area contributed by atoms with E-state index in [1.807, 2.05) is 13.2 Å². The standard InChI is InChI=1S/C17H21N3/c1-13-7-8-14-5-3-4-6-17(14)20(13)16-9-10-19-15(11-16)12-18-2/h3-6,9-11,13,18H,7-8,12H2,1-2H3. The maximum Gasteiger partial charge on any atom is 0.0562 e. The van der Waals surface area contributed by atoms with Crippen molar-refractivity contribution in [3.05, 3.63) is 53.9 Å². The number of hydrogen-bond acceptors (Lipinski definition) is 3. The van der Waals surface area contributed by atoms with Crippen LogP contribution in [0, 0.1) is 0 Å². The Kier molecular flexibility index (Phi) is 3.70. The van der Waals surface area contributed by atoms with Gasteiger partial charge in [-0.1, -0.05) is 18.2 Å². The van der Waals surface area contributed by atoms with Gasteiger partial charge in [-0.15, -0.1) is 0 Å². The van der Waals surface area contributed by atoms with Crippen LogP contribution in [0.3, 0.4) is 0 Å². The second kappa shape index (κ2) is 5.63. The Labute approximate surface area is 120 Å². The Morgan fingerprint density at radius 2 is 2.15 bits per heavy atom. The molecule has 3 nitrogen and oxygen atoms in total. The highest BCUT2D eigenvalue weighted by atomic mass is 15.2. The van der Waals surface area contributed by atoms with Gasteiger partial charge in [0, 0.05) is 30.2 Å². The number of benzene rings is 1. The van der Waals surface area contributed by atoms with E-state index in [-0.39, 0.29) is 0 Å². The molecule has 2 heterocycles. The summed E-state index contributed by atoms with van der Waals surface area (Å²) in [5.74, 6) is 0. The summed E-state index contributed by atoms with van der Waals surface area (Å²) in [6.45, 7) is 3.10. The smallest absolute Gasteiger partial charge is 0.0562 e. The van der Waals surface area contributed by atoms with Gasteiger partial charge in [0.25, 0.3) is 0 Å². The highest BCUT2D eigenvalue weighted by Crippen LogP contribution is 2.36. The molecule has 1 aromatic heterocycles. The molecule has 1 aliphatic rings. The monoisotopic (exact) mass is 267 g/mol. The van der Waals surface area contributed by atoms with Crippen LogP contribution in [-0.4, -0.2) is 18.1 Å². The first-order valence-electron chi connectivity index (χ1n) is 7.26. The van der Waals surface area contributed by atoms with Gasteiger partial charge in [0.05, 0.1) is 5.69 Å². The molecule has 1 N–H and O–H groups in total. The number of aryl methyl sites for hydroxylation is 1. The first-order valence-corrected chi connectivity index (χ1v) is 7.26. The maximum absolute atomic E-state index is 4.42. The van der Waals surface area contributed by atoms with E-state index >= 15 is 0 Å². The number of nitrogens with zero attached hydrogens (tertiary/aromatic N) is 2. The second-order valence-corrected chi connectivity index (χ2v) is 5.42. The fourth-order valence-electron chi connectivity index (χ4n) is 2.97. The van der Waals surface area contributed by atoms with Crippen molar-refractivity contribution < 1.29 is 0 Å². The van der Waals surface area contributed by atoms with Crippen molar-refractivity contribution in [3.8, 4) is 0 Å². The largest absolute Gasteiger partial charge is 0.338 e. The lowest BCUT2D eigenvalue weighted by atomic mass is 9.96. The number of fused-ring (bicyclic) bond motifs is 1. The fourth-order valence-corrected chi connectivity index (χ4v) is 2.97. The number of para-hydroxylation sites is 1. The minimum Gasteiger partial charge on any atom is -0.338 e. The van der Waals surface area contributed by atoms with Gasteiger partial charge in [0.15, 0.2) is 0 Å². The lowest BCUT2D eigenvalue weighted by Gasteiger charge is -2.37. The highest BCUT2D eigenvalue weighted by molar-refractivity contribution is 5.68. The molecule has 0 bridgehead atoms. The zero-order valence-corrected chi connectivity index (χ0v) is 12.1. The second-order valence-electron chi connectivity index (χ2n) is 5.42. The van der Waals surface area contributed by atoms with Gasteiger partial charge in [-0.05, 0) is 50.6 Å². The van der Waals surface area contributed by atoms with Gasteiger partial charge in [-0.3, -0.25) is 4.98 Å². The van der Waals surface area contributed by atoms with Gasteiger partial charge < -0.3 is 10.2 Å². The van der Waals surface area contributed by atoms with Crippen LogP contribution >= 0.6 is 0 Å². The molecular formula is C17H21N3. The molecule has 3 rings (SSSR count). The molecule has 1 aliphatic heterocycles. The summed E-state index contributed by atoms with van der Waals surface area (Å²) in [4.78, 5) is 6.86. The minimum atomic E-state index is 0.523. The molecule has 0 amide bonds. The van der Waals surface area contributed by atoms with Crippen molar-refractivity contribution in [1.82, 2.24) is 10.3 Å². The van der Waals surface area contributed by atoms with Gasteiger partial charge in [0.1, 0.15) is 0 Å². The van der Waals surface area contributed by atoms with Crippen molar-refractivity contribution in [2.45, 2.75) is 32.4 Å². The van der Waals surface area contributed by atoms with Gasteiger partial charge >= 0.3 is 0 Å². The van der Waals surface area contributed by atoms with Crippen LogP contribution in [0.1, 0.15) is 24.6 Å². The summed E-state index contributed by atoms with van der Waals surface area (Å²) in [5.41, 5.74) is 5.11. The van der Waals surface area contributed by atoms with E-state index in [4.69, 9.17) is 0 Å². The third-order valence-corrected chi connectivity index (χ3v) is 3.96. The van der Waals surface area contributed by atoms with E-state index in [0.29, 0.717) is 6.04 Å². The van der Waals surface area contributed by atoms with E-state index in [9.17, 15) is 0 Å². The summed E-state index contributed by atoms with van der Waals surface area (Å²) in [6.07, 6.45) is 4.27. The molecular weight excluding hydrogens is 246 g/mol. The van der Waals surface area contributed by atoms with Gasteiger partial charge in [-0.2, -0.15) is 0 Å². The van der Waals surface area contributed by atoms with Crippen LogP contribution in [0.15, 0.2) is 42.6 Å². The van der Waals surface area contributed by atoms with E-state index in [2.05, 4.69) is 58.5 Å². The summed E-state index contributed by atoms with van der Waals surface area (Å²) >= 11 is 0. The number of aromatic nitrogens is 1. The van der Waals surface area contributed by atoms with Crippen LogP contribution in [0.25, 0.3) is 0 Å². The van der Waals surface area contributed by atoms with Crippen molar-refractivity contribution in [2.24, 2.45) is 0 Å². The lowest BCUT2D eigenvalue weighted by Crippen LogP contribution is -2.33. The molecule has 1 aromatic carbocycles. The molecule has 104 valence electrons. The molecule has 0 saturated heterocycles. The quantitative estimate of drug-likeness (QED) is 0.925. The van der Waals surface area contributed by atoms with Gasteiger partial charge in [0.2, 0.25) is 0 Å². The molecule has 1 unspecified atom stereocenters. The predicted molar refractivity (Wildman–Crippen MR) is 83.4 cm³/mol.